The van der Waals surface area contributed by atoms with E-state index in [0.29, 0.717) is 25.4 Å². The molecule has 7 nitrogen and oxygen atoms in total. The van der Waals surface area contributed by atoms with Gasteiger partial charge >= 0.3 is 0 Å². The lowest BCUT2D eigenvalue weighted by Crippen LogP contribution is -2.48. The molecular weight excluding hydrogens is 393 g/mol. The Kier molecular flexibility index (Phi) is 7.01. The van der Waals surface area contributed by atoms with Crippen LogP contribution >= 0.6 is 24.0 Å². The summed E-state index contributed by atoms with van der Waals surface area (Å²) >= 11 is 5.86. The zero-order chi connectivity index (χ0) is 18.7. The molecule has 1 N–H and O–H groups in total. The second kappa shape index (κ2) is 9.03. The molecule has 144 valence electrons. The molecule has 9 heteroatoms. The molecule has 1 aliphatic rings. The number of carbonyl (C=O) groups excluding carboxylic acids is 1. The van der Waals surface area contributed by atoms with Crippen molar-refractivity contribution in [3.05, 3.63) is 68.7 Å². The van der Waals surface area contributed by atoms with E-state index in [4.69, 9.17) is 16.3 Å². The molecule has 1 heterocycles. The minimum Gasteiger partial charge on any atom is -0.496 e. The van der Waals surface area contributed by atoms with Crippen LogP contribution in [0.3, 0.4) is 0 Å². The monoisotopic (exact) mass is 411 g/mol. The quantitative estimate of drug-likeness (QED) is 0.614. The summed E-state index contributed by atoms with van der Waals surface area (Å²) in [6.45, 7) is 1.58. The van der Waals surface area contributed by atoms with Crippen molar-refractivity contribution >= 4 is 35.6 Å². The van der Waals surface area contributed by atoms with Crippen molar-refractivity contribution in [3.63, 3.8) is 0 Å². The third kappa shape index (κ3) is 4.32. The van der Waals surface area contributed by atoms with Crippen molar-refractivity contribution in [1.82, 2.24) is 10.2 Å². The molecule has 2 aromatic rings. The molecule has 0 radical (unpaired) electrons. The summed E-state index contributed by atoms with van der Waals surface area (Å²) in [6, 6.07) is 11.3. The number of rotatable bonds is 4. The van der Waals surface area contributed by atoms with Gasteiger partial charge in [-0.1, -0.05) is 29.8 Å². The van der Waals surface area contributed by atoms with Gasteiger partial charge in [-0.05, 0) is 18.2 Å². The van der Waals surface area contributed by atoms with Crippen molar-refractivity contribution in [2.24, 2.45) is 0 Å². The SMILES string of the molecule is COc1ccccc1C1CNCCN1C(=O)c1ccc(Cl)cc1[N+](=O)[O-].Cl. The van der Waals surface area contributed by atoms with Crippen LogP contribution in [0.2, 0.25) is 5.02 Å². The first-order valence-electron chi connectivity index (χ1n) is 8.11. The second-order valence-corrected chi connectivity index (χ2v) is 6.32. The number of halogens is 2. The summed E-state index contributed by atoms with van der Waals surface area (Å²) in [5.41, 5.74) is 0.591. The van der Waals surface area contributed by atoms with Crippen LogP contribution in [0.5, 0.6) is 5.75 Å². The number of hydrogen-bond donors (Lipinski definition) is 1. The smallest absolute Gasteiger partial charge is 0.283 e. The molecule has 0 saturated carbocycles. The van der Waals surface area contributed by atoms with Crippen molar-refractivity contribution in [3.8, 4) is 5.75 Å². The lowest BCUT2D eigenvalue weighted by molar-refractivity contribution is -0.385. The molecule has 1 fully saturated rings. The van der Waals surface area contributed by atoms with E-state index in [1.807, 2.05) is 24.3 Å². The van der Waals surface area contributed by atoms with Gasteiger partial charge in [-0.3, -0.25) is 14.9 Å². The predicted molar refractivity (Wildman–Crippen MR) is 105 cm³/mol. The standard InChI is InChI=1S/C18H18ClN3O4.ClH/c1-26-17-5-3-2-4-13(17)16-11-20-8-9-21(16)18(23)14-7-6-12(19)10-15(14)22(24)25;/h2-7,10,16,20H,8-9,11H2,1H3;1H. The molecule has 0 aliphatic carbocycles. The van der Waals surface area contributed by atoms with Gasteiger partial charge in [0.2, 0.25) is 0 Å². The van der Waals surface area contributed by atoms with Crippen LogP contribution < -0.4 is 10.1 Å². The maximum absolute atomic E-state index is 13.1. The third-order valence-electron chi connectivity index (χ3n) is 4.39. The molecule has 1 aliphatic heterocycles. The molecule has 1 saturated heterocycles. The molecule has 0 bridgehead atoms. The molecule has 1 amide bonds. The maximum atomic E-state index is 13.1. The van der Waals surface area contributed by atoms with E-state index in [-0.39, 0.29) is 34.7 Å². The van der Waals surface area contributed by atoms with E-state index in [1.54, 1.807) is 12.0 Å². The lowest BCUT2D eigenvalue weighted by atomic mass is 10.0. The van der Waals surface area contributed by atoms with Crippen molar-refractivity contribution in [2.75, 3.05) is 26.7 Å². The van der Waals surface area contributed by atoms with Gasteiger partial charge in [0.05, 0.1) is 18.1 Å². The van der Waals surface area contributed by atoms with Gasteiger partial charge in [0, 0.05) is 36.3 Å². The molecule has 1 unspecified atom stereocenters. The van der Waals surface area contributed by atoms with Crippen LogP contribution in [0.25, 0.3) is 0 Å². The zero-order valence-corrected chi connectivity index (χ0v) is 16.1. The molecular formula is C18H19Cl2N3O4. The van der Waals surface area contributed by atoms with E-state index in [2.05, 4.69) is 5.32 Å². The number of nitrogens with zero attached hydrogens (tertiary/aromatic N) is 2. The van der Waals surface area contributed by atoms with Crippen LogP contribution in [-0.2, 0) is 0 Å². The summed E-state index contributed by atoms with van der Waals surface area (Å²) in [5, 5.41) is 14.8. The number of nitro benzene ring substituents is 1. The highest BCUT2D eigenvalue weighted by Gasteiger charge is 2.33. The molecule has 2 aromatic carbocycles. The first-order chi connectivity index (χ1) is 12.5. The Hall–Kier alpha value is -2.35. The average Bonchev–Trinajstić information content (AvgIpc) is 2.67. The van der Waals surface area contributed by atoms with Crippen molar-refractivity contribution in [2.45, 2.75) is 6.04 Å². The highest BCUT2D eigenvalue weighted by molar-refractivity contribution is 6.31. The van der Waals surface area contributed by atoms with E-state index in [0.717, 1.165) is 5.56 Å². The Morgan fingerprint density at radius 1 is 1.33 bits per heavy atom. The van der Waals surface area contributed by atoms with Crippen molar-refractivity contribution in [1.29, 1.82) is 0 Å². The zero-order valence-electron chi connectivity index (χ0n) is 14.6. The average molecular weight is 412 g/mol. The minimum atomic E-state index is -0.584. The highest BCUT2D eigenvalue weighted by Crippen LogP contribution is 2.33. The van der Waals surface area contributed by atoms with Crippen LogP contribution in [0, 0.1) is 10.1 Å². The van der Waals surface area contributed by atoms with Crippen LogP contribution in [0.4, 0.5) is 5.69 Å². The van der Waals surface area contributed by atoms with Gasteiger partial charge in [-0.2, -0.15) is 0 Å². The van der Waals surface area contributed by atoms with Gasteiger partial charge in [0.15, 0.2) is 0 Å². The van der Waals surface area contributed by atoms with Gasteiger partial charge in [0.1, 0.15) is 11.3 Å². The lowest BCUT2D eigenvalue weighted by Gasteiger charge is -2.37. The van der Waals surface area contributed by atoms with Gasteiger partial charge in [0.25, 0.3) is 11.6 Å². The fourth-order valence-corrected chi connectivity index (χ4v) is 3.32. The second-order valence-electron chi connectivity index (χ2n) is 5.88. The number of nitrogens with one attached hydrogen (secondary N) is 1. The summed E-state index contributed by atoms with van der Waals surface area (Å²) in [7, 11) is 1.57. The number of methoxy groups -OCH3 is 1. The summed E-state index contributed by atoms with van der Waals surface area (Å²) in [5.74, 6) is 0.273. The van der Waals surface area contributed by atoms with E-state index in [1.165, 1.54) is 18.2 Å². The number of piperazine rings is 1. The van der Waals surface area contributed by atoms with E-state index in [9.17, 15) is 14.9 Å². The van der Waals surface area contributed by atoms with Crippen LogP contribution in [0.1, 0.15) is 22.0 Å². The number of para-hydroxylation sites is 1. The van der Waals surface area contributed by atoms with Crippen LogP contribution in [-0.4, -0.2) is 42.5 Å². The third-order valence-corrected chi connectivity index (χ3v) is 4.62. The number of amides is 1. The Bertz CT molecular complexity index is 847. The number of carbonyl (C=O) groups is 1. The summed E-state index contributed by atoms with van der Waals surface area (Å²) in [4.78, 5) is 25.5. The molecule has 3 rings (SSSR count). The summed E-state index contributed by atoms with van der Waals surface area (Å²) < 4.78 is 5.42. The van der Waals surface area contributed by atoms with Gasteiger partial charge < -0.3 is 15.0 Å². The highest BCUT2D eigenvalue weighted by atomic mass is 35.5. The Morgan fingerprint density at radius 2 is 2.07 bits per heavy atom. The minimum absolute atomic E-state index is 0. The number of ether oxygens (including phenoxy) is 1. The number of hydrogen-bond acceptors (Lipinski definition) is 5. The normalized spacial score (nSPS) is 16.4. The Labute approximate surface area is 167 Å². The Morgan fingerprint density at radius 3 is 2.78 bits per heavy atom. The fourth-order valence-electron chi connectivity index (χ4n) is 3.16. The molecule has 27 heavy (non-hydrogen) atoms. The maximum Gasteiger partial charge on any atom is 0.283 e. The largest absolute Gasteiger partial charge is 0.496 e. The fraction of sp³-hybridized carbons (Fsp3) is 0.278. The van der Waals surface area contributed by atoms with Gasteiger partial charge in [-0.25, -0.2) is 0 Å². The predicted octanol–water partition coefficient (Wildman–Crippen LogP) is 3.47. The number of nitro groups is 1. The van der Waals surface area contributed by atoms with Crippen LogP contribution in [0.15, 0.2) is 42.5 Å². The van der Waals surface area contributed by atoms with E-state index < -0.39 is 10.8 Å². The molecule has 0 spiro atoms. The topological polar surface area (TPSA) is 84.7 Å². The van der Waals surface area contributed by atoms with Crippen molar-refractivity contribution < 1.29 is 14.5 Å². The van der Waals surface area contributed by atoms with Gasteiger partial charge in [-0.15, -0.1) is 12.4 Å². The first kappa shape index (κ1) is 21.0. The Balaban J connectivity index is 0.00000261. The van der Waals surface area contributed by atoms with E-state index >= 15 is 0 Å². The first-order valence-corrected chi connectivity index (χ1v) is 8.49. The summed E-state index contributed by atoms with van der Waals surface area (Å²) in [6.07, 6.45) is 0. The molecule has 0 aromatic heterocycles. The molecule has 1 atom stereocenters. The number of benzene rings is 2.